The summed E-state index contributed by atoms with van der Waals surface area (Å²) in [4.78, 5) is 11.7. The number of nitrogens with one attached hydrogen (secondary N) is 1. The van der Waals surface area contributed by atoms with Crippen molar-refractivity contribution in [1.29, 1.82) is 0 Å². The zero-order valence-electron chi connectivity index (χ0n) is 6.42. The number of amides is 1. The molecule has 0 saturated carbocycles. The molecule has 0 aromatic heterocycles. The molecule has 2 nitrogen and oxygen atoms in total. The Balaban J connectivity index is 2.54. The first kappa shape index (κ1) is 8.40. The number of carbonyl (C=O) groups excluding carboxylic acids is 1. The van der Waals surface area contributed by atoms with E-state index in [0.717, 1.165) is 23.4 Å². The van der Waals surface area contributed by atoms with E-state index in [4.69, 9.17) is 0 Å². The number of rotatable bonds is 1. The van der Waals surface area contributed by atoms with Crippen LogP contribution in [-0.4, -0.2) is 5.91 Å². The molecule has 60 valence electrons. The Bertz CT molecular complexity index is 230. The number of hydrogen-bond acceptors (Lipinski definition) is 2. The Morgan fingerprint density at radius 2 is 2.27 bits per heavy atom. The van der Waals surface area contributed by atoms with E-state index in [1.54, 1.807) is 0 Å². The zero-order valence-corrected chi connectivity index (χ0v) is 7.32. The standard InChI is InChI=1S/C8H11NOS/c1-6(10)9-7-2-4-8(11)5-3-7/h2,4,11H,3,5H2,1H3,(H,9,10). The van der Waals surface area contributed by atoms with Crippen LogP contribution in [0.2, 0.25) is 0 Å². The molecule has 0 bridgehead atoms. The van der Waals surface area contributed by atoms with Gasteiger partial charge in [0.15, 0.2) is 0 Å². The van der Waals surface area contributed by atoms with Gasteiger partial charge in [-0.3, -0.25) is 4.79 Å². The topological polar surface area (TPSA) is 29.1 Å². The van der Waals surface area contributed by atoms with Gasteiger partial charge in [0.2, 0.25) is 5.91 Å². The summed E-state index contributed by atoms with van der Waals surface area (Å²) >= 11 is 4.20. The molecule has 0 saturated heterocycles. The van der Waals surface area contributed by atoms with Gasteiger partial charge >= 0.3 is 0 Å². The molecule has 0 aromatic rings. The monoisotopic (exact) mass is 169 g/mol. The van der Waals surface area contributed by atoms with Crippen molar-refractivity contribution in [3.63, 3.8) is 0 Å². The van der Waals surface area contributed by atoms with Crippen LogP contribution < -0.4 is 5.32 Å². The summed E-state index contributed by atoms with van der Waals surface area (Å²) in [6.07, 6.45) is 5.62. The molecule has 0 heterocycles. The fourth-order valence-electron chi connectivity index (χ4n) is 0.956. The molecule has 0 aliphatic heterocycles. The van der Waals surface area contributed by atoms with Crippen LogP contribution in [0.3, 0.4) is 0 Å². The maximum Gasteiger partial charge on any atom is 0.220 e. The first-order valence-electron chi connectivity index (χ1n) is 3.55. The highest BCUT2D eigenvalue weighted by atomic mass is 32.1. The predicted octanol–water partition coefficient (Wildman–Crippen LogP) is 1.61. The van der Waals surface area contributed by atoms with E-state index in [1.807, 2.05) is 12.2 Å². The lowest BCUT2D eigenvalue weighted by Gasteiger charge is -2.11. The first-order chi connectivity index (χ1) is 5.18. The SMILES string of the molecule is CC(=O)NC1=CC=C(S)CC1. The van der Waals surface area contributed by atoms with Gasteiger partial charge in [0.25, 0.3) is 0 Å². The smallest absolute Gasteiger partial charge is 0.220 e. The minimum Gasteiger partial charge on any atom is -0.330 e. The molecule has 1 aliphatic rings. The van der Waals surface area contributed by atoms with Crippen LogP contribution in [0.5, 0.6) is 0 Å². The van der Waals surface area contributed by atoms with Gasteiger partial charge in [-0.2, -0.15) is 0 Å². The summed E-state index contributed by atoms with van der Waals surface area (Å²) < 4.78 is 0. The lowest BCUT2D eigenvalue weighted by atomic mass is 10.1. The molecule has 0 aromatic carbocycles. The van der Waals surface area contributed by atoms with Gasteiger partial charge in [-0.1, -0.05) is 6.08 Å². The van der Waals surface area contributed by atoms with Gasteiger partial charge in [0.1, 0.15) is 0 Å². The second-order valence-electron chi connectivity index (χ2n) is 2.53. The van der Waals surface area contributed by atoms with Crippen LogP contribution in [0.25, 0.3) is 0 Å². The fourth-order valence-corrected chi connectivity index (χ4v) is 1.14. The Morgan fingerprint density at radius 1 is 1.55 bits per heavy atom. The lowest BCUT2D eigenvalue weighted by molar-refractivity contribution is -0.118. The second kappa shape index (κ2) is 3.62. The minimum atomic E-state index is -0.00716. The number of hydrogen-bond donors (Lipinski definition) is 2. The maximum atomic E-state index is 10.6. The van der Waals surface area contributed by atoms with Crippen LogP contribution in [0.1, 0.15) is 19.8 Å². The van der Waals surface area contributed by atoms with Crippen molar-refractivity contribution in [2.24, 2.45) is 0 Å². The number of carbonyl (C=O) groups is 1. The van der Waals surface area contributed by atoms with Crippen LogP contribution >= 0.6 is 12.6 Å². The van der Waals surface area contributed by atoms with Gasteiger partial charge in [0, 0.05) is 12.6 Å². The average molecular weight is 169 g/mol. The lowest BCUT2D eigenvalue weighted by Crippen LogP contribution is -2.19. The Kier molecular flexibility index (Phi) is 2.76. The molecule has 1 N–H and O–H groups in total. The highest BCUT2D eigenvalue weighted by Gasteiger charge is 2.03. The van der Waals surface area contributed by atoms with Crippen molar-refractivity contribution in [2.75, 3.05) is 0 Å². The predicted molar refractivity (Wildman–Crippen MR) is 48.2 cm³/mol. The van der Waals surface area contributed by atoms with Crippen molar-refractivity contribution >= 4 is 18.5 Å². The van der Waals surface area contributed by atoms with Crippen LogP contribution in [0.4, 0.5) is 0 Å². The van der Waals surface area contributed by atoms with Crippen LogP contribution in [-0.2, 0) is 4.79 Å². The van der Waals surface area contributed by atoms with E-state index in [-0.39, 0.29) is 5.91 Å². The molecule has 0 atom stereocenters. The van der Waals surface area contributed by atoms with Crippen molar-refractivity contribution in [3.8, 4) is 0 Å². The molecule has 11 heavy (non-hydrogen) atoms. The number of thiol groups is 1. The highest BCUT2D eigenvalue weighted by Crippen LogP contribution is 2.18. The third-order valence-corrected chi connectivity index (χ3v) is 1.84. The molecule has 1 rings (SSSR count). The van der Waals surface area contributed by atoms with Gasteiger partial charge in [0.05, 0.1) is 0 Å². The van der Waals surface area contributed by atoms with E-state index in [9.17, 15) is 4.79 Å². The van der Waals surface area contributed by atoms with E-state index in [1.165, 1.54) is 6.92 Å². The molecule has 1 aliphatic carbocycles. The molecule has 0 fully saturated rings. The second-order valence-corrected chi connectivity index (χ2v) is 3.11. The van der Waals surface area contributed by atoms with E-state index >= 15 is 0 Å². The molecular formula is C8H11NOS. The minimum absolute atomic E-state index is 0.00716. The Morgan fingerprint density at radius 3 is 2.73 bits per heavy atom. The normalized spacial score (nSPS) is 16.9. The zero-order chi connectivity index (χ0) is 8.27. The number of allylic oxidation sites excluding steroid dienone is 4. The molecule has 0 radical (unpaired) electrons. The van der Waals surface area contributed by atoms with Gasteiger partial charge < -0.3 is 5.32 Å². The first-order valence-corrected chi connectivity index (χ1v) is 3.99. The van der Waals surface area contributed by atoms with Gasteiger partial charge in [-0.15, -0.1) is 12.6 Å². The summed E-state index contributed by atoms with van der Waals surface area (Å²) in [6, 6.07) is 0. The van der Waals surface area contributed by atoms with Crippen LogP contribution in [0.15, 0.2) is 22.8 Å². The molecule has 1 amide bonds. The largest absolute Gasteiger partial charge is 0.330 e. The van der Waals surface area contributed by atoms with E-state index in [2.05, 4.69) is 17.9 Å². The third-order valence-electron chi connectivity index (χ3n) is 1.46. The highest BCUT2D eigenvalue weighted by molar-refractivity contribution is 7.84. The molecule has 0 spiro atoms. The van der Waals surface area contributed by atoms with Crippen molar-refractivity contribution in [2.45, 2.75) is 19.8 Å². The average Bonchev–Trinajstić information content (AvgIpc) is 1.93. The van der Waals surface area contributed by atoms with Crippen molar-refractivity contribution in [3.05, 3.63) is 22.8 Å². The Labute approximate surface area is 71.8 Å². The Hall–Kier alpha value is -0.700. The van der Waals surface area contributed by atoms with E-state index in [0.29, 0.717) is 0 Å². The fraction of sp³-hybridized carbons (Fsp3) is 0.375. The van der Waals surface area contributed by atoms with Gasteiger partial charge in [-0.05, 0) is 23.8 Å². The van der Waals surface area contributed by atoms with Crippen LogP contribution in [0, 0.1) is 0 Å². The molecular weight excluding hydrogens is 158 g/mol. The summed E-state index contributed by atoms with van der Waals surface area (Å²) in [5.74, 6) is -0.00716. The quantitative estimate of drug-likeness (QED) is 0.574. The van der Waals surface area contributed by atoms with Crippen molar-refractivity contribution in [1.82, 2.24) is 5.32 Å². The summed E-state index contributed by atoms with van der Waals surface area (Å²) in [7, 11) is 0. The summed E-state index contributed by atoms with van der Waals surface area (Å²) in [5.41, 5.74) is 0.982. The summed E-state index contributed by atoms with van der Waals surface area (Å²) in [6.45, 7) is 1.51. The molecule has 3 heteroatoms. The van der Waals surface area contributed by atoms with Crippen molar-refractivity contribution < 1.29 is 4.79 Å². The molecule has 0 unspecified atom stereocenters. The van der Waals surface area contributed by atoms with Gasteiger partial charge in [-0.25, -0.2) is 0 Å². The third kappa shape index (κ3) is 2.80. The maximum absolute atomic E-state index is 10.6. The van der Waals surface area contributed by atoms with E-state index < -0.39 is 0 Å². The summed E-state index contributed by atoms with van der Waals surface area (Å²) in [5, 5.41) is 2.75.